The van der Waals surface area contributed by atoms with Gasteiger partial charge in [-0.1, -0.05) is 69.7 Å². The highest BCUT2D eigenvalue weighted by atomic mass is 15.2. The SMILES string of the molecule is C=C/C=C\C(C=NCC(CCCC)CCN1CCCN(CCc2cc(C)c(CC)c(C)c2)CC1)=C/C. The van der Waals surface area contributed by atoms with Gasteiger partial charge in [0.2, 0.25) is 0 Å². The Morgan fingerprint density at radius 1 is 1.03 bits per heavy atom. The van der Waals surface area contributed by atoms with Crippen LogP contribution in [0.25, 0.3) is 0 Å². The van der Waals surface area contributed by atoms with Crippen molar-refractivity contribution in [3.63, 3.8) is 0 Å². The first-order valence-corrected chi connectivity index (χ1v) is 14.5. The summed E-state index contributed by atoms with van der Waals surface area (Å²) in [5.41, 5.74) is 7.12. The Kier molecular flexibility index (Phi) is 14.7. The monoisotopic (exact) mass is 491 g/mol. The number of allylic oxidation sites excluding steroid dienone is 5. The average molecular weight is 492 g/mol. The fraction of sp³-hybridized carbons (Fsp3) is 0.606. The van der Waals surface area contributed by atoms with E-state index < -0.39 is 0 Å². The first-order chi connectivity index (χ1) is 17.5. The van der Waals surface area contributed by atoms with Gasteiger partial charge in [-0.2, -0.15) is 0 Å². The molecule has 1 saturated heterocycles. The van der Waals surface area contributed by atoms with Crippen molar-refractivity contribution in [2.75, 3.05) is 45.8 Å². The molecule has 0 bridgehead atoms. The maximum Gasteiger partial charge on any atom is 0.0418 e. The van der Waals surface area contributed by atoms with Crippen LogP contribution in [0.3, 0.4) is 0 Å². The predicted octanol–water partition coefficient (Wildman–Crippen LogP) is 7.37. The van der Waals surface area contributed by atoms with Gasteiger partial charge in [0.1, 0.15) is 0 Å². The van der Waals surface area contributed by atoms with Crippen molar-refractivity contribution in [2.45, 2.75) is 79.6 Å². The van der Waals surface area contributed by atoms with E-state index in [0.717, 1.165) is 18.5 Å². The first kappa shape index (κ1) is 30.3. The Labute approximate surface area is 223 Å². The van der Waals surface area contributed by atoms with Gasteiger partial charge < -0.3 is 9.80 Å². The van der Waals surface area contributed by atoms with Gasteiger partial charge in [0.15, 0.2) is 0 Å². The number of benzene rings is 1. The Balaban J connectivity index is 1.81. The van der Waals surface area contributed by atoms with Gasteiger partial charge in [-0.25, -0.2) is 0 Å². The molecule has 0 aromatic heterocycles. The van der Waals surface area contributed by atoms with Gasteiger partial charge in [0.05, 0.1) is 0 Å². The predicted molar refractivity (Wildman–Crippen MR) is 161 cm³/mol. The van der Waals surface area contributed by atoms with Gasteiger partial charge in [-0.15, -0.1) is 0 Å². The molecule has 200 valence electrons. The minimum atomic E-state index is 0.680. The maximum atomic E-state index is 4.81. The number of unbranched alkanes of at least 4 members (excludes halogenated alkanes) is 1. The molecule has 0 saturated carbocycles. The molecule has 3 nitrogen and oxygen atoms in total. The third-order valence-corrected chi connectivity index (χ3v) is 7.69. The van der Waals surface area contributed by atoms with Crippen LogP contribution in [0.15, 0.2) is 53.6 Å². The Bertz CT molecular complexity index is 841. The molecular formula is C33H53N3. The van der Waals surface area contributed by atoms with E-state index in [1.807, 2.05) is 18.4 Å². The third-order valence-electron chi connectivity index (χ3n) is 7.69. The maximum absolute atomic E-state index is 4.81. The highest BCUT2D eigenvalue weighted by Gasteiger charge is 2.17. The summed E-state index contributed by atoms with van der Waals surface area (Å²) in [5, 5.41) is 0. The summed E-state index contributed by atoms with van der Waals surface area (Å²) in [6.45, 7) is 23.1. The van der Waals surface area contributed by atoms with E-state index in [0.29, 0.717) is 5.92 Å². The molecule has 3 heteroatoms. The fourth-order valence-corrected chi connectivity index (χ4v) is 5.43. The zero-order chi connectivity index (χ0) is 26.2. The molecule has 0 radical (unpaired) electrons. The van der Waals surface area contributed by atoms with Crippen LogP contribution in [0.1, 0.15) is 75.1 Å². The van der Waals surface area contributed by atoms with Crippen LogP contribution in [-0.2, 0) is 12.8 Å². The summed E-state index contributed by atoms with van der Waals surface area (Å²) in [6, 6.07) is 4.84. The van der Waals surface area contributed by atoms with E-state index in [9.17, 15) is 0 Å². The first-order valence-electron chi connectivity index (χ1n) is 14.5. The summed E-state index contributed by atoms with van der Waals surface area (Å²) in [6.07, 6.45) is 18.7. The van der Waals surface area contributed by atoms with Crippen LogP contribution >= 0.6 is 0 Å². The highest BCUT2D eigenvalue weighted by Crippen LogP contribution is 2.19. The summed E-state index contributed by atoms with van der Waals surface area (Å²) in [5.74, 6) is 0.680. The second-order valence-corrected chi connectivity index (χ2v) is 10.5. The number of aliphatic imine (C=N–C) groups is 1. The zero-order valence-electron chi connectivity index (χ0n) is 24.1. The summed E-state index contributed by atoms with van der Waals surface area (Å²) in [7, 11) is 0. The van der Waals surface area contributed by atoms with Crippen LogP contribution in [0.4, 0.5) is 0 Å². The summed E-state index contributed by atoms with van der Waals surface area (Å²) < 4.78 is 0. The second kappa shape index (κ2) is 17.5. The second-order valence-electron chi connectivity index (χ2n) is 10.5. The molecule has 0 aliphatic carbocycles. The van der Waals surface area contributed by atoms with Crippen molar-refractivity contribution in [3.8, 4) is 0 Å². The van der Waals surface area contributed by atoms with Crippen molar-refractivity contribution in [3.05, 3.63) is 70.8 Å². The standard InChI is InChI=1S/C33H53N3/c1-7-11-14-30(9-3)26-34-27-31(15-12-8-2)16-20-35-18-13-19-36(23-22-35)21-17-32-24-28(5)33(10-4)29(6)25-32/h7,9,11,14,24-26,31H,1,8,10,12-13,15-23,27H2,2-6H3/b14-11-,30-9+,34-26?. The molecule has 1 unspecified atom stereocenters. The van der Waals surface area contributed by atoms with Crippen LogP contribution < -0.4 is 0 Å². The smallest absolute Gasteiger partial charge is 0.0418 e. The van der Waals surface area contributed by atoms with Crippen LogP contribution in [-0.4, -0.2) is 61.8 Å². The summed E-state index contributed by atoms with van der Waals surface area (Å²) in [4.78, 5) is 10.2. The zero-order valence-corrected chi connectivity index (χ0v) is 24.1. The van der Waals surface area contributed by atoms with Crippen molar-refractivity contribution in [1.29, 1.82) is 0 Å². The van der Waals surface area contributed by atoms with Crippen LogP contribution in [0.5, 0.6) is 0 Å². The lowest BCUT2D eigenvalue weighted by atomic mass is 9.96. The minimum Gasteiger partial charge on any atom is -0.302 e. The molecule has 1 heterocycles. The number of rotatable bonds is 15. The Morgan fingerprint density at radius 2 is 1.72 bits per heavy atom. The molecule has 0 spiro atoms. The Hall–Kier alpha value is -1.97. The fourth-order valence-electron chi connectivity index (χ4n) is 5.43. The van der Waals surface area contributed by atoms with Gasteiger partial charge in [-0.3, -0.25) is 4.99 Å². The average Bonchev–Trinajstić information content (AvgIpc) is 3.11. The molecular weight excluding hydrogens is 438 g/mol. The van der Waals surface area contributed by atoms with E-state index in [1.165, 1.54) is 100 Å². The number of hydrogen-bond donors (Lipinski definition) is 0. The number of hydrogen-bond acceptors (Lipinski definition) is 3. The van der Waals surface area contributed by atoms with Gasteiger partial charge in [0, 0.05) is 32.4 Å². The quantitative estimate of drug-likeness (QED) is 0.188. The molecule has 0 N–H and O–H groups in total. The van der Waals surface area contributed by atoms with Crippen molar-refractivity contribution < 1.29 is 0 Å². The highest BCUT2D eigenvalue weighted by molar-refractivity contribution is 5.82. The molecule has 1 aromatic carbocycles. The number of nitrogens with zero attached hydrogens (tertiary/aromatic N) is 3. The van der Waals surface area contributed by atoms with Crippen molar-refractivity contribution in [2.24, 2.45) is 10.9 Å². The molecule has 0 amide bonds. The van der Waals surface area contributed by atoms with Crippen molar-refractivity contribution >= 4 is 6.21 Å². The van der Waals surface area contributed by atoms with E-state index in [1.54, 1.807) is 0 Å². The number of aryl methyl sites for hydroxylation is 2. The van der Waals surface area contributed by atoms with E-state index in [4.69, 9.17) is 4.99 Å². The molecule has 1 fully saturated rings. The molecule has 2 rings (SSSR count). The van der Waals surface area contributed by atoms with E-state index in [-0.39, 0.29) is 0 Å². The van der Waals surface area contributed by atoms with E-state index >= 15 is 0 Å². The van der Waals surface area contributed by atoms with Crippen LogP contribution in [0, 0.1) is 19.8 Å². The summed E-state index contributed by atoms with van der Waals surface area (Å²) >= 11 is 0. The largest absolute Gasteiger partial charge is 0.302 e. The lowest BCUT2D eigenvalue weighted by Gasteiger charge is -2.24. The molecule has 1 atom stereocenters. The lowest BCUT2D eigenvalue weighted by Crippen LogP contribution is -2.33. The van der Waals surface area contributed by atoms with Gasteiger partial charge >= 0.3 is 0 Å². The topological polar surface area (TPSA) is 18.8 Å². The third kappa shape index (κ3) is 11.0. The van der Waals surface area contributed by atoms with E-state index in [2.05, 4.69) is 75.3 Å². The van der Waals surface area contributed by atoms with Crippen molar-refractivity contribution in [1.82, 2.24) is 9.80 Å². The van der Waals surface area contributed by atoms with Crippen LogP contribution in [0.2, 0.25) is 0 Å². The lowest BCUT2D eigenvalue weighted by molar-refractivity contribution is 0.242. The molecule has 1 aromatic rings. The molecule has 36 heavy (non-hydrogen) atoms. The molecule has 1 aliphatic heterocycles. The normalized spacial score (nSPS) is 17.2. The van der Waals surface area contributed by atoms with Gasteiger partial charge in [-0.05, 0) is 106 Å². The minimum absolute atomic E-state index is 0.680. The molecule has 1 aliphatic rings. The van der Waals surface area contributed by atoms with Gasteiger partial charge in [0.25, 0.3) is 0 Å². The Morgan fingerprint density at radius 3 is 2.33 bits per heavy atom.